The number of aryl methyl sites for hydroxylation is 3. The molecule has 0 aliphatic rings. The van der Waals surface area contributed by atoms with Crippen LogP contribution in [0.25, 0.3) is 45.0 Å². The lowest BCUT2D eigenvalue weighted by Crippen LogP contribution is -1.99. The minimum Gasteiger partial charge on any atom is -0.236 e. The first kappa shape index (κ1) is 20.7. The van der Waals surface area contributed by atoms with Crippen molar-refractivity contribution in [3.63, 3.8) is 0 Å². The van der Waals surface area contributed by atoms with Gasteiger partial charge in [0.15, 0.2) is 11.6 Å². The maximum Gasteiger partial charge on any atom is 0.159 e. The van der Waals surface area contributed by atoms with E-state index in [2.05, 4.69) is 65.4 Å². The lowest BCUT2D eigenvalue weighted by molar-refractivity contribution is 1.07. The fourth-order valence-corrected chi connectivity index (χ4v) is 4.01. The topological polar surface area (TPSA) is 51.6 Å². The molecule has 0 atom stereocenters. The number of benzene rings is 3. The van der Waals surface area contributed by atoms with Gasteiger partial charge in [-0.1, -0.05) is 84.4 Å². The molecule has 0 saturated carbocycles. The first-order valence-corrected chi connectivity index (χ1v) is 11.0. The fraction of sp³-hybridized carbons (Fsp3) is 0.103. The van der Waals surface area contributed by atoms with E-state index in [4.69, 9.17) is 9.97 Å². The molecule has 160 valence electrons. The summed E-state index contributed by atoms with van der Waals surface area (Å²) in [7, 11) is 0. The smallest absolute Gasteiger partial charge is 0.159 e. The second-order valence-electron chi connectivity index (χ2n) is 8.20. The quantitative estimate of drug-likeness (QED) is 0.314. The summed E-state index contributed by atoms with van der Waals surface area (Å²) in [5, 5.41) is 0. The summed E-state index contributed by atoms with van der Waals surface area (Å²) in [6.07, 6.45) is 3.73. The van der Waals surface area contributed by atoms with Gasteiger partial charge >= 0.3 is 0 Å². The van der Waals surface area contributed by atoms with E-state index in [1.165, 1.54) is 5.56 Å². The first-order valence-electron chi connectivity index (χ1n) is 11.0. The van der Waals surface area contributed by atoms with Crippen LogP contribution in [0.1, 0.15) is 17.0 Å². The van der Waals surface area contributed by atoms with Gasteiger partial charge in [-0.15, -0.1) is 0 Å². The average Bonchev–Trinajstić information content (AvgIpc) is 2.85. The van der Waals surface area contributed by atoms with Crippen molar-refractivity contribution in [2.75, 3.05) is 0 Å². The van der Waals surface area contributed by atoms with Gasteiger partial charge in [0.1, 0.15) is 0 Å². The van der Waals surface area contributed by atoms with Crippen molar-refractivity contribution in [1.29, 1.82) is 0 Å². The van der Waals surface area contributed by atoms with Crippen LogP contribution in [0.3, 0.4) is 0 Å². The van der Waals surface area contributed by atoms with Gasteiger partial charge in [0.25, 0.3) is 0 Å². The van der Waals surface area contributed by atoms with Crippen molar-refractivity contribution >= 4 is 0 Å². The van der Waals surface area contributed by atoms with Crippen molar-refractivity contribution < 1.29 is 0 Å². The van der Waals surface area contributed by atoms with Crippen molar-refractivity contribution in [1.82, 2.24) is 19.9 Å². The van der Waals surface area contributed by atoms with E-state index in [0.29, 0.717) is 0 Å². The van der Waals surface area contributed by atoms with E-state index in [1.54, 1.807) is 0 Å². The van der Waals surface area contributed by atoms with Gasteiger partial charge in [-0.25, -0.2) is 19.9 Å². The van der Waals surface area contributed by atoms with Crippen molar-refractivity contribution in [3.05, 3.63) is 108 Å². The van der Waals surface area contributed by atoms with E-state index in [1.807, 2.05) is 56.6 Å². The molecular formula is C29H24N4. The second-order valence-corrected chi connectivity index (χ2v) is 8.20. The van der Waals surface area contributed by atoms with Crippen molar-refractivity contribution in [2.24, 2.45) is 0 Å². The summed E-state index contributed by atoms with van der Waals surface area (Å²) < 4.78 is 0. The molecule has 0 N–H and O–H groups in total. The summed E-state index contributed by atoms with van der Waals surface area (Å²) in [5.41, 5.74) is 9.49. The Morgan fingerprint density at radius 1 is 0.455 bits per heavy atom. The summed E-state index contributed by atoms with van der Waals surface area (Å²) in [6, 6.07) is 26.7. The Morgan fingerprint density at radius 3 is 1.58 bits per heavy atom. The molecule has 4 heteroatoms. The van der Waals surface area contributed by atoms with E-state index in [9.17, 15) is 0 Å². The average molecular weight is 429 g/mol. The van der Waals surface area contributed by atoms with E-state index in [0.717, 1.165) is 56.4 Å². The summed E-state index contributed by atoms with van der Waals surface area (Å²) in [6.45, 7) is 6.19. The summed E-state index contributed by atoms with van der Waals surface area (Å²) in [4.78, 5) is 18.7. The van der Waals surface area contributed by atoms with Crippen LogP contribution < -0.4 is 0 Å². The molecular weight excluding hydrogens is 404 g/mol. The Morgan fingerprint density at radius 2 is 0.970 bits per heavy atom. The maximum atomic E-state index is 4.81. The highest BCUT2D eigenvalue weighted by Gasteiger charge is 2.12. The van der Waals surface area contributed by atoms with Crippen molar-refractivity contribution in [3.8, 4) is 45.0 Å². The Hall–Kier alpha value is -4.18. The van der Waals surface area contributed by atoms with Crippen LogP contribution in [-0.4, -0.2) is 19.9 Å². The van der Waals surface area contributed by atoms with Crippen LogP contribution >= 0.6 is 0 Å². The molecule has 3 aromatic carbocycles. The molecule has 0 saturated heterocycles. The number of aromatic nitrogens is 4. The molecule has 0 spiro atoms. The zero-order chi connectivity index (χ0) is 22.8. The molecule has 0 unspecified atom stereocenters. The number of nitrogens with zero attached hydrogens (tertiary/aromatic N) is 4. The van der Waals surface area contributed by atoms with Crippen LogP contribution in [0.15, 0.2) is 91.3 Å². The van der Waals surface area contributed by atoms with E-state index in [-0.39, 0.29) is 0 Å². The molecule has 5 rings (SSSR count). The highest BCUT2D eigenvalue weighted by molar-refractivity contribution is 5.72. The summed E-state index contributed by atoms with van der Waals surface area (Å²) >= 11 is 0. The predicted octanol–water partition coefficient (Wildman–Crippen LogP) is 6.86. The third-order valence-electron chi connectivity index (χ3n) is 5.77. The monoisotopic (exact) mass is 428 g/mol. The summed E-state index contributed by atoms with van der Waals surface area (Å²) in [5.74, 6) is 1.46. The molecule has 2 aromatic heterocycles. The third kappa shape index (κ3) is 4.28. The van der Waals surface area contributed by atoms with Crippen LogP contribution in [0.4, 0.5) is 0 Å². The fourth-order valence-electron chi connectivity index (χ4n) is 4.01. The maximum absolute atomic E-state index is 4.81. The number of hydrogen-bond acceptors (Lipinski definition) is 4. The lowest BCUT2D eigenvalue weighted by atomic mass is 10.0. The minimum absolute atomic E-state index is 0.726. The highest BCUT2D eigenvalue weighted by atomic mass is 14.9. The molecule has 0 fully saturated rings. The zero-order valence-corrected chi connectivity index (χ0v) is 18.9. The zero-order valence-electron chi connectivity index (χ0n) is 18.9. The molecule has 0 radical (unpaired) electrons. The van der Waals surface area contributed by atoms with Crippen LogP contribution in [0.2, 0.25) is 0 Å². The van der Waals surface area contributed by atoms with Gasteiger partial charge in [0, 0.05) is 46.0 Å². The Balaban J connectivity index is 1.41. The standard InChI is InChI=1S/C29H24N4/c1-19-9-11-23(12-10-19)27-20(2)32-29(33-21(27)3)25-15-13-22(14-16-25)26-17-30-28(31-18-26)24-7-5-4-6-8-24/h4-18H,1-3H3. The highest BCUT2D eigenvalue weighted by Crippen LogP contribution is 2.29. The second kappa shape index (κ2) is 8.75. The number of rotatable bonds is 4. The predicted molar refractivity (Wildman–Crippen MR) is 134 cm³/mol. The Labute approximate surface area is 194 Å². The lowest BCUT2D eigenvalue weighted by Gasteiger charge is -2.12. The molecule has 0 aliphatic carbocycles. The largest absolute Gasteiger partial charge is 0.236 e. The van der Waals surface area contributed by atoms with E-state index >= 15 is 0 Å². The Kier molecular flexibility index (Phi) is 5.49. The number of hydrogen-bond donors (Lipinski definition) is 0. The van der Waals surface area contributed by atoms with Crippen LogP contribution in [-0.2, 0) is 0 Å². The SMILES string of the molecule is Cc1ccc(-c2c(C)nc(-c3ccc(-c4cnc(-c5ccccc5)nc4)cc3)nc2C)cc1. The molecule has 0 amide bonds. The normalized spacial score (nSPS) is 10.9. The molecule has 4 nitrogen and oxygen atoms in total. The first-order chi connectivity index (χ1) is 16.1. The van der Waals surface area contributed by atoms with Gasteiger partial charge in [-0.3, -0.25) is 0 Å². The van der Waals surface area contributed by atoms with Gasteiger partial charge in [-0.05, 0) is 31.9 Å². The van der Waals surface area contributed by atoms with E-state index < -0.39 is 0 Å². The van der Waals surface area contributed by atoms with Gasteiger partial charge in [0.05, 0.1) is 0 Å². The molecule has 0 bridgehead atoms. The van der Waals surface area contributed by atoms with Crippen LogP contribution in [0, 0.1) is 20.8 Å². The van der Waals surface area contributed by atoms with Gasteiger partial charge in [0.2, 0.25) is 0 Å². The van der Waals surface area contributed by atoms with Crippen LogP contribution in [0.5, 0.6) is 0 Å². The molecule has 5 aromatic rings. The van der Waals surface area contributed by atoms with Crippen molar-refractivity contribution in [2.45, 2.75) is 20.8 Å². The molecule has 0 aliphatic heterocycles. The minimum atomic E-state index is 0.726. The molecule has 2 heterocycles. The Bertz CT molecular complexity index is 1370. The third-order valence-corrected chi connectivity index (χ3v) is 5.77. The van der Waals surface area contributed by atoms with Gasteiger partial charge < -0.3 is 0 Å². The molecule has 33 heavy (non-hydrogen) atoms. The van der Waals surface area contributed by atoms with Gasteiger partial charge in [-0.2, -0.15) is 0 Å².